The van der Waals surface area contributed by atoms with Gasteiger partial charge in [-0.05, 0) is 30.4 Å². The number of ether oxygens (including phenoxy) is 2. The van der Waals surface area contributed by atoms with E-state index in [2.05, 4.69) is 32.9 Å². The van der Waals surface area contributed by atoms with Crippen LogP contribution in [0, 0.1) is 11.8 Å². The van der Waals surface area contributed by atoms with Crippen LogP contribution >= 0.6 is 0 Å². The first kappa shape index (κ1) is 21.0. The molecule has 0 aliphatic heterocycles. The van der Waals surface area contributed by atoms with Crippen LogP contribution < -0.4 is 0 Å². The Morgan fingerprint density at radius 1 is 1.19 bits per heavy atom. The Morgan fingerprint density at radius 3 is 2.58 bits per heavy atom. The van der Waals surface area contributed by atoms with Gasteiger partial charge in [-0.25, -0.2) is 0 Å². The predicted molar refractivity (Wildman–Crippen MR) is 107 cm³/mol. The van der Waals surface area contributed by atoms with Gasteiger partial charge in [-0.15, -0.1) is 0 Å². The lowest BCUT2D eigenvalue weighted by Gasteiger charge is -2.32. The van der Waals surface area contributed by atoms with Crippen molar-refractivity contribution in [2.45, 2.75) is 72.0 Å². The third kappa shape index (κ3) is 5.59. The Kier molecular flexibility index (Phi) is 8.17. The number of unbranched alkanes of at least 4 members (excludes halogenated alkanes) is 2. The van der Waals surface area contributed by atoms with Crippen molar-refractivity contribution in [3.8, 4) is 0 Å². The molecule has 0 radical (unpaired) electrons. The number of hydrogen-bond acceptors (Lipinski definition) is 3. The third-order valence-electron chi connectivity index (χ3n) is 5.36. The topological polar surface area (TPSA) is 38.7 Å². The molecule has 26 heavy (non-hydrogen) atoms. The summed E-state index contributed by atoms with van der Waals surface area (Å²) in [5, 5.41) is 11.5. The Hall–Kier alpha value is -1.32. The van der Waals surface area contributed by atoms with Gasteiger partial charge < -0.3 is 14.6 Å². The molecule has 2 atom stereocenters. The number of rotatable bonds is 11. The second-order valence-electron chi connectivity index (χ2n) is 8.04. The fourth-order valence-electron chi connectivity index (χ4n) is 3.65. The summed E-state index contributed by atoms with van der Waals surface area (Å²) < 4.78 is 12.0. The average Bonchev–Trinajstić information content (AvgIpc) is 2.86. The van der Waals surface area contributed by atoms with Crippen LogP contribution in [-0.4, -0.2) is 23.9 Å². The largest absolute Gasteiger partial charge is 0.498 e. The number of hydrogen-bond donors (Lipinski definition) is 1. The molecule has 2 rings (SSSR count). The molecule has 2 unspecified atom stereocenters. The lowest BCUT2D eigenvalue weighted by molar-refractivity contribution is -0.0296. The Balaban J connectivity index is 2.00. The smallest absolute Gasteiger partial charge is 0.0982 e. The van der Waals surface area contributed by atoms with Crippen LogP contribution in [-0.2, 0) is 16.1 Å². The fraction of sp³-hybridized carbons (Fsp3) is 0.652. The molecular weight excluding hydrogens is 324 g/mol. The molecule has 0 saturated heterocycles. The van der Waals surface area contributed by atoms with Gasteiger partial charge in [0.1, 0.15) is 0 Å². The minimum atomic E-state index is -0.793. The SMILES string of the molecule is CCCCCC1(O)C(C)=C(OCC(C)C)CC1COCc1ccccc1. The first-order chi connectivity index (χ1) is 12.5. The minimum Gasteiger partial charge on any atom is -0.498 e. The maximum absolute atomic E-state index is 11.5. The molecule has 0 amide bonds. The zero-order valence-electron chi connectivity index (χ0n) is 17.0. The quantitative estimate of drug-likeness (QED) is 0.531. The van der Waals surface area contributed by atoms with Gasteiger partial charge in [0.2, 0.25) is 0 Å². The maximum Gasteiger partial charge on any atom is 0.0982 e. The molecule has 1 N–H and O–H groups in total. The van der Waals surface area contributed by atoms with Gasteiger partial charge in [0, 0.05) is 12.3 Å². The summed E-state index contributed by atoms with van der Waals surface area (Å²) in [6.07, 6.45) is 4.91. The standard InChI is InChI=1S/C23H36O3/c1-5-6-10-13-23(24)19(4)22(26-15-18(2)3)14-21(23)17-25-16-20-11-8-7-9-12-20/h7-9,11-12,18,21,24H,5-6,10,13-17H2,1-4H3. The lowest BCUT2D eigenvalue weighted by atomic mass is 9.82. The van der Waals surface area contributed by atoms with Crippen LogP contribution in [0.1, 0.15) is 65.4 Å². The van der Waals surface area contributed by atoms with Crippen molar-refractivity contribution in [2.75, 3.05) is 13.2 Å². The molecule has 3 heteroatoms. The first-order valence-corrected chi connectivity index (χ1v) is 10.1. The Labute approximate surface area is 159 Å². The van der Waals surface area contributed by atoms with Gasteiger partial charge in [0.25, 0.3) is 0 Å². The molecule has 0 aromatic heterocycles. The monoisotopic (exact) mass is 360 g/mol. The summed E-state index contributed by atoms with van der Waals surface area (Å²) in [5.41, 5.74) is 1.39. The highest BCUT2D eigenvalue weighted by Gasteiger charge is 2.45. The van der Waals surface area contributed by atoms with Gasteiger partial charge in [0.05, 0.1) is 31.2 Å². The van der Waals surface area contributed by atoms with Crippen molar-refractivity contribution in [3.63, 3.8) is 0 Å². The summed E-state index contributed by atoms with van der Waals surface area (Å²) in [6, 6.07) is 10.2. The van der Waals surface area contributed by atoms with E-state index in [0.717, 1.165) is 43.4 Å². The van der Waals surface area contributed by atoms with E-state index in [0.29, 0.717) is 25.7 Å². The zero-order valence-corrected chi connectivity index (χ0v) is 17.0. The van der Waals surface area contributed by atoms with Crippen LogP contribution in [0.3, 0.4) is 0 Å². The van der Waals surface area contributed by atoms with E-state index < -0.39 is 5.60 Å². The predicted octanol–water partition coefficient (Wildman–Crippen LogP) is 5.48. The summed E-state index contributed by atoms with van der Waals surface area (Å²) >= 11 is 0. The zero-order chi connectivity index (χ0) is 19.0. The summed E-state index contributed by atoms with van der Waals surface area (Å²) in [5.74, 6) is 1.54. The first-order valence-electron chi connectivity index (χ1n) is 10.1. The van der Waals surface area contributed by atoms with Crippen molar-refractivity contribution in [1.82, 2.24) is 0 Å². The van der Waals surface area contributed by atoms with E-state index in [4.69, 9.17) is 9.47 Å². The van der Waals surface area contributed by atoms with Gasteiger partial charge in [-0.3, -0.25) is 0 Å². The average molecular weight is 361 g/mol. The molecule has 146 valence electrons. The van der Waals surface area contributed by atoms with E-state index in [-0.39, 0.29) is 5.92 Å². The van der Waals surface area contributed by atoms with E-state index >= 15 is 0 Å². The molecule has 1 aromatic carbocycles. The summed E-state index contributed by atoms with van der Waals surface area (Å²) in [6.45, 7) is 10.4. The third-order valence-corrected chi connectivity index (χ3v) is 5.36. The molecular formula is C23H36O3. The second kappa shape index (κ2) is 10.1. The van der Waals surface area contributed by atoms with E-state index in [1.165, 1.54) is 5.56 Å². The van der Waals surface area contributed by atoms with Gasteiger partial charge >= 0.3 is 0 Å². The van der Waals surface area contributed by atoms with E-state index in [9.17, 15) is 5.11 Å². The van der Waals surface area contributed by atoms with Crippen LogP contribution in [0.4, 0.5) is 0 Å². The van der Waals surface area contributed by atoms with Gasteiger partial charge in [-0.1, -0.05) is 70.4 Å². The van der Waals surface area contributed by atoms with Crippen LogP contribution in [0.25, 0.3) is 0 Å². The highest BCUT2D eigenvalue weighted by Crippen LogP contribution is 2.44. The van der Waals surface area contributed by atoms with Crippen molar-refractivity contribution in [1.29, 1.82) is 0 Å². The molecule has 1 aliphatic carbocycles. The second-order valence-corrected chi connectivity index (χ2v) is 8.04. The van der Waals surface area contributed by atoms with Crippen LogP contribution in [0.2, 0.25) is 0 Å². The van der Waals surface area contributed by atoms with Crippen molar-refractivity contribution in [3.05, 3.63) is 47.2 Å². The normalized spacial score (nSPS) is 23.1. The molecule has 0 saturated carbocycles. The highest BCUT2D eigenvalue weighted by molar-refractivity contribution is 5.28. The molecule has 1 aromatic rings. The minimum absolute atomic E-state index is 0.0743. The number of allylic oxidation sites excluding steroid dienone is 1. The Morgan fingerprint density at radius 2 is 1.92 bits per heavy atom. The summed E-state index contributed by atoms with van der Waals surface area (Å²) in [4.78, 5) is 0. The lowest BCUT2D eigenvalue weighted by Crippen LogP contribution is -2.38. The molecule has 0 fully saturated rings. The Bertz CT molecular complexity index is 564. The summed E-state index contributed by atoms with van der Waals surface area (Å²) in [7, 11) is 0. The van der Waals surface area contributed by atoms with E-state index in [1.54, 1.807) is 0 Å². The van der Waals surface area contributed by atoms with Crippen molar-refractivity contribution < 1.29 is 14.6 Å². The van der Waals surface area contributed by atoms with Crippen molar-refractivity contribution in [2.24, 2.45) is 11.8 Å². The molecule has 0 spiro atoms. The maximum atomic E-state index is 11.5. The molecule has 1 aliphatic rings. The molecule has 0 heterocycles. The van der Waals surface area contributed by atoms with Crippen molar-refractivity contribution >= 4 is 0 Å². The van der Waals surface area contributed by atoms with Gasteiger partial charge in [0.15, 0.2) is 0 Å². The van der Waals surface area contributed by atoms with E-state index in [1.807, 2.05) is 25.1 Å². The van der Waals surface area contributed by atoms with Crippen LogP contribution in [0.5, 0.6) is 0 Å². The fourth-order valence-corrected chi connectivity index (χ4v) is 3.65. The number of aliphatic hydroxyl groups is 1. The number of benzene rings is 1. The van der Waals surface area contributed by atoms with Gasteiger partial charge in [-0.2, -0.15) is 0 Å². The molecule has 0 bridgehead atoms. The highest BCUT2D eigenvalue weighted by atomic mass is 16.5. The van der Waals surface area contributed by atoms with Crippen LogP contribution in [0.15, 0.2) is 41.7 Å². The molecule has 3 nitrogen and oxygen atoms in total.